The number of nitrogens with zero attached hydrogens (tertiary/aromatic N) is 5. The number of amides is 1. The van der Waals surface area contributed by atoms with Gasteiger partial charge in [-0.15, -0.1) is 0 Å². The molecule has 1 amide bonds. The fourth-order valence-corrected chi connectivity index (χ4v) is 3.09. The highest BCUT2D eigenvalue weighted by atomic mass is 19.4. The molecule has 1 unspecified atom stereocenters. The standard InChI is InChI=1S/C20H17F3N6O2/c1-11(17-26-10-27-29(17)19-24-5-2-6-25-19)28-18(31)14-7-13(16(30)12-3-4-12)8-15(9-14)20(21,22)23/h2,5-12H,3-4H2,1H3,(H,28,31). The van der Waals surface area contributed by atoms with Gasteiger partial charge in [0.2, 0.25) is 0 Å². The van der Waals surface area contributed by atoms with Gasteiger partial charge in [0.25, 0.3) is 11.9 Å². The molecule has 31 heavy (non-hydrogen) atoms. The van der Waals surface area contributed by atoms with Crippen LogP contribution in [0.2, 0.25) is 0 Å². The molecule has 4 rings (SSSR count). The number of rotatable bonds is 6. The van der Waals surface area contributed by atoms with E-state index in [-0.39, 0.29) is 28.8 Å². The summed E-state index contributed by atoms with van der Waals surface area (Å²) in [4.78, 5) is 37.3. The lowest BCUT2D eigenvalue weighted by molar-refractivity contribution is -0.137. The van der Waals surface area contributed by atoms with E-state index in [0.717, 1.165) is 12.1 Å². The van der Waals surface area contributed by atoms with E-state index in [0.29, 0.717) is 18.7 Å². The Hall–Kier alpha value is -3.63. The number of aromatic nitrogens is 5. The Kier molecular flexibility index (Phi) is 5.25. The number of alkyl halides is 3. The third-order valence-corrected chi connectivity index (χ3v) is 4.81. The summed E-state index contributed by atoms with van der Waals surface area (Å²) in [5.41, 5.74) is -1.42. The summed E-state index contributed by atoms with van der Waals surface area (Å²) in [6.45, 7) is 1.60. The van der Waals surface area contributed by atoms with Crippen LogP contribution in [0.25, 0.3) is 5.95 Å². The quantitative estimate of drug-likeness (QED) is 0.603. The van der Waals surface area contributed by atoms with Gasteiger partial charge >= 0.3 is 6.18 Å². The first-order valence-corrected chi connectivity index (χ1v) is 9.48. The summed E-state index contributed by atoms with van der Waals surface area (Å²) < 4.78 is 41.3. The van der Waals surface area contributed by atoms with Gasteiger partial charge in [0.05, 0.1) is 11.6 Å². The van der Waals surface area contributed by atoms with Gasteiger partial charge in [-0.3, -0.25) is 9.59 Å². The highest BCUT2D eigenvalue weighted by molar-refractivity contribution is 6.02. The largest absolute Gasteiger partial charge is 0.416 e. The van der Waals surface area contributed by atoms with Gasteiger partial charge in [0.15, 0.2) is 11.6 Å². The molecule has 1 fully saturated rings. The molecule has 2 aromatic heterocycles. The van der Waals surface area contributed by atoms with Crippen molar-refractivity contribution in [2.45, 2.75) is 32.0 Å². The SMILES string of the molecule is CC(NC(=O)c1cc(C(=O)C2CC2)cc(C(F)(F)F)c1)c1ncnn1-c1ncccn1. The van der Waals surface area contributed by atoms with Crippen LogP contribution in [0.4, 0.5) is 13.2 Å². The topological polar surface area (TPSA) is 103 Å². The first kappa shape index (κ1) is 20.6. The molecule has 0 radical (unpaired) electrons. The molecule has 1 aliphatic carbocycles. The van der Waals surface area contributed by atoms with Crippen molar-refractivity contribution in [3.8, 4) is 5.95 Å². The molecular formula is C20H17F3N6O2. The van der Waals surface area contributed by atoms with Crippen molar-refractivity contribution in [1.29, 1.82) is 0 Å². The number of ketones is 1. The summed E-state index contributed by atoms with van der Waals surface area (Å²) in [7, 11) is 0. The molecular weight excluding hydrogens is 413 g/mol. The average Bonchev–Trinajstić information content (AvgIpc) is 3.48. The normalized spacial score (nSPS) is 14.8. The van der Waals surface area contributed by atoms with Gasteiger partial charge in [-0.25, -0.2) is 15.0 Å². The molecule has 160 valence electrons. The lowest BCUT2D eigenvalue weighted by Gasteiger charge is -2.16. The number of carbonyl (C=O) groups is 2. The van der Waals surface area contributed by atoms with Crippen molar-refractivity contribution in [2.24, 2.45) is 5.92 Å². The molecule has 1 aliphatic rings. The second-order valence-electron chi connectivity index (χ2n) is 7.21. The van der Waals surface area contributed by atoms with Crippen LogP contribution in [-0.2, 0) is 6.18 Å². The molecule has 1 saturated carbocycles. The van der Waals surface area contributed by atoms with E-state index in [4.69, 9.17) is 0 Å². The minimum absolute atomic E-state index is 0.115. The average molecular weight is 430 g/mol. The van der Waals surface area contributed by atoms with Crippen LogP contribution in [0.1, 0.15) is 57.9 Å². The Balaban J connectivity index is 1.61. The zero-order valence-electron chi connectivity index (χ0n) is 16.3. The number of Topliss-reactive ketones (excluding diaryl/α,β-unsaturated/α-hetero) is 1. The first-order valence-electron chi connectivity index (χ1n) is 9.48. The molecule has 0 spiro atoms. The highest BCUT2D eigenvalue weighted by Crippen LogP contribution is 2.35. The minimum atomic E-state index is -4.69. The number of hydrogen-bond acceptors (Lipinski definition) is 6. The second kappa shape index (κ2) is 7.89. The fourth-order valence-electron chi connectivity index (χ4n) is 3.09. The monoisotopic (exact) mass is 430 g/mol. The van der Waals surface area contributed by atoms with Crippen LogP contribution in [0.3, 0.4) is 0 Å². The minimum Gasteiger partial charge on any atom is -0.342 e. The van der Waals surface area contributed by atoms with Crippen LogP contribution < -0.4 is 5.32 Å². The van der Waals surface area contributed by atoms with Crippen molar-refractivity contribution in [2.75, 3.05) is 0 Å². The van der Waals surface area contributed by atoms with Gasteiger partial charge < -0.3 is 5.32 Å². The zero-order chi connectivity index (χ0) is 22.2. The molecule has 0 saturated heterocycles. The molecule has 11 heteroatoms. The Labute approximate surface area is 174 Å². The van der Waals surface area contributed by atoms with E-state index in [1.807, 2.05) is 0 Å². The molecule has 0 aliphatic heterocycles. The Morgan fingerprint density at radius 1 is 1.10 bits per heavy atom. The van der Waals surface area contributed by atoms with E-state index in [2.05, 4.69) is 25.4 Å². The van der Waals surface area contributed by atoms with Gasteiger partial charge in [-0.2, -0.15) is 23.0 Å². The molecule has 1 N–H and O–H groups in total. The van der Waals surface area contributed by atoms with E-state index in [9.17, 15) is 22.8 Å². The van der Waals surface area contributed by atoms with Crippen LogP contribution in [0.5, 0.6) is 0 Å². The lowest BCUT2D eigenvalue weighted by atomic mass is 9.99. The molecule has 2 heterocycles. The Bertz CT molecular complexity index is 1130. The molecule has 8 nitrogen and oxygen atoms in total. The predicted octanol–water partition coefficient (Wildman–Crippen LogP) is 3.16. The first-order chi connectivity index (χ1) is 14.7. The number of carbonyl (C=O) groups excluding carboxylic acids is 2. The third kappa shape index (κ3) is 4.44. The summed E-state index contributed by atoms with van der Waals surface area (Å²) in [5, 5.41) is 6.64. The summed E-state index contributed by atoms with van der Waals surface area (Å²) >= 11 is 0. The van der Waals surface area contributed by atoms with Crippen LogP contribution >= 0.6 is 0 Å². The summed E-state index contributed by atoms with van der Waals surface area (Å²) in [6, 6.07) is 3.62. The summed E-state index contributed by atoms with van der Waals surface area (Å²) in [5.74, 6) is -0.905. The van der Waals surface area contributed by atoms with Crippen LogP contribution in [0.15, 0.2) is 43.0 Å². The molecule has 1 atom stereocenters. The van der Waals surface area contributed by atoms with Gasteiger partial charge in [-0.1, -0.05) is 0 Å². The highest BCUT2D eigenvalue weighted by Gasteiger charge is 2.35. The van der Waals surface area contributed by atoms with Crippen molar-refractivity contribution >= 4 is 11.7 Å². The maximum absolute atomic E-state index is 13.3. The number of benzene rings is 1. The van der Waals surface area contributed by atoms with E-state index < -0.39 is 23.7 Å². The van der Waals surface area contributed by atoms with Crippen LogP contribution in [-0.4, -0.2) is 36.4 Å². The van der Waals surface area contributed by atoms with Crippen molar-refractivity contribution in [3.05, 3.63) is 65.5 Å². The predicted molar refractivity (Wildman–Crippen MR) is 101 cm³/mol. The number of halogens is 3. The second-order valence-corrected chi connectivity index (χ2v) is 7.21. The zero-order valence-corrected chi connectivity index (χ0v) is 16.3. The van der Waals surface area contributed by atoms with Crippen molar-refractivity contribution in [3.63, 3.8) is 0 Å². The van der Waals surface area contributed by atoms with Gasteiger partial charge in [0.1, 0.15) is 6.33 Å². The maximum Gasteiger partial charge on any atom is 0.416 e. The maximum atomic E-state index is 13.3. The van der Waals surface area contributed by atoms with Gasteiger partial charge in [-0.05, 0) is 44.0 Å². The van der Waals surface area contributed by atoms with Crippen molar-refractivity contribution in [1.82, 2.24) is 30.0 Å². The number of hydrogen-bond donors (Lipinski definition) is 1. The smallest absolute Gasteiger partial charge is 0.342 e. The molecule has 1 aromatic carbocycles. The van der Waals surface area contributed by atoms with E-state index in [1.165, 1.54) is 29.5 Å². The molecule has 3 aromatic rings. The molecule has 0 bridgehead atoms. The number of nitrogens with one attached hydrogen (secondary N) is 1. The summed E-state index contributed by atoms with van der Waals surface area (Å²) in [6.07, 6.45) is 0.877. The van der Waals surface area contributed by atoms with Gasteiger partial charge in [0, 0.05) is 29.4 Å². The van der Waals surface area contributed by atoms with Crippen LogP contribution in [0, 0.1) is 5.92 Å². The fraction of sp³-hybridized carbons (Fsp3) is 0.300. The van der Waals surface area contributed by atoms with E-state index >= 15 is 0 Å². The Morgan fingerprint density at radius 2 is 1.77 bits per heavy atom. The lowest BCUT2D eigenvalue weighted by Crippen LogP contribution is -2.29. The van der Waals surface area contributed by atoms with Crippen molar-refractivity contribution < 1.29 is 22.8 Å². The van der Waals surface area contributed by atoms with E-state index in [1.54, 1.807) is 13.0 Å². The third-order valence-electron chi connectivity index (χ3n) is 4.81. The Morgan fingerprint density at radius 3 is 2.42 bits per heavy atom.